The van der Waals surface area contributed by atoms with E-state index in [1.807, 2.05) is 11.3 Å². The van der Waals surface area contributed by atoms with Crippen LogP contribution >= 0.6 is 11.3 Å². The second-order valence-corrected chi connectivity index (χ2v) is 11.2. The minimum atomic E-state index is 0.122. The number of hydrogen-bond acceptors (Lipinski definition) is 1. The van der Waals surface area contributed by atoms with Gasteiger partial charge in [-0.05, 0) is 88.6 Å². The third kappa shape index (κ3) is 3.50. The average molecular weight is 431 g/mol. The maximum Gasteiger partial charge on any atom is 0.0345 e. The first-order chi connectivity index (χ1) is 14.8. The summed E-state index contributed by atoms with van der Waals surface area (Å²) in [5.41, 5.74) is 9.18. The molecule has 0 radical (unpaired) electrons. The molecule has 31 heavy (non-hydrogen) atoms. The van der Waals surface area contributed by atoms with Crippen LogP contribution in [0.15, 0.2) is 48.5 Å². The van der Waals surface area contributed by atoms with E-state index in [-0.39, 0.29) is 10.8 Å². The zero-order valence-electron chi connectivity index (χ0n) is 20.4. The Morgan fingerprint density at radius 2 is 1.48 bits per heavy atom. The van der Waals surface area contributed by atoms with E-state index in [9.17, 15) is 0 Å². The van der Waals surface area contributed by atoms with Crippen molar-refractivity contribution in [3.8, 4) is 21.6 Å². The van der Waals surface area contributed by atoms with Crippen molar-refractivity contribution in [2.24, 2.45) is 0 Å². The predicted molar refractivity (Wildman–Crippen MR) is 139 cm³/mol. The zero-order chi connectivity index (χ0) is 22.4. The Morgan fingerprint density at radius 3 is 2.10 bits per heavy atom. The largest absolute Gasteiger partial charge is 0.140 e. The molecule has 1 aromatic heterocycles. The Hall–Kier alpha value is -1.86. The monoisotopic (exact) mass is 430 g/mol. The lowest BCUT2D eigenvalue weighted by molar-refractivity contribution is 0.481. The van der Waals surface area contributed by atoms with Crippen molar-refractivity contribution in [3.63, 3.8) is 0 Å². The summed E-state index contributed by atoms with van der Waals surface area (Å²) in [7, 11) is 0. The Labute approximate surface area is 193 Å². The molecule has 1 atom stereocenters. The van der Waals surface area contributed by atoms with Gasteiger partial charge in [-0.15, -0.1) is 11.3 Å². The summed E-state index contributed by atoms with van der Waals surface area (Å²) in [5.74, 6) is 0.642. The molecule has 0 nitrogen and oxygen atoms in total. The minimum absolute atomic E-state index is 0.122. The van der Waals surface area contributed by atoms with Crippen molar-refractivity contribution in [2.75, 3.05) is 0 Å². The van der Waals surface area contributed by atoms with E-state index in [2.05, 4.69) is 97.0 Å². The van der Waals surface area contributed by atoms with Gasteiger partial charge in [0.1, 0.15) is 0 Å². The van der Waals surface area contributed by atoms with Crippen LogP contribution in [-0.2, 0) is 10.8 Å². The lowest BCUT2D eigenvalue weighted by Crippen LogP contribution is -2.24. The Morgan fingerprint density at radius 1 is 0.839 bits per heavy atom. The van der Waals surface area contributed by atoms with Crippen LogP contribution in [0.5, 0.6) is 0 Å². The first-order valence-corrected chi connectivity index (χ1v) is 13.0. The van der Waals surface area contributed by atoms with Gasteiger partial charge in [0.2, 0.25) is 0 Å². The molecular weight excluding hydrogens is 392 g/mol. The van der Waals surface area contributed by atoms with Gasteiger partial charge in [-0.2, -0.15) is 0 Å². The number of hydrogen-bond donors (Lipinski definition) is 0. The summed E-state index contributed by atoms with van der Waals surface area (Å²) >= 11 is 1.97. The Balaban J connectivity index is 1.85. The van der Waals surface area contributed by atoms with E-state index >= 15 is 0 Å². The molecule has 2 aromatic carbocycles. The van der Waals surface area contributed by atoms with Crippen molar-refractivity contribution < 1.29 is 0 Å². The fourth-order valence-corrected chi connectivity index (χ4v) is 6.40. The molecule has 0 saturated heterocycles. The summed E-state index contributed by atoms with van der Waals surface area (Å²) in [4.78, 5) is 2.91. The number of thiophene rings is 1. The SMILES string of the molecule is CCC(C)c1ccc(-c2ccc3c(c2)C(CC)(CC)c2cc(C(C)(C)CC)ccc2-3)s1. The van der Waals surface area contributed by atoms with Gasteiger partial charge in [0.25, 0.3) is 0 Å². The molecule has 1 heterocycles. The number of rotatable bonds is 7. The highest BCUT2D eigenvalue weighted by Gasteiger charge is 2.41. The molecule has 1 aliphatic rings. The molecule has 164 valence electrons. The van der Waals surface area contributed by atoms with Crippen LogP contribution in [0.25, 0.3) is 21.6 Å². The van der Waals surface area contributed by atoms with Crippen LogP contribution in [0.1, 0.15) is 102 Å². The standard InChI is InChI=1S/C30H38S/c1-8-20(5)27-16-17-28(31-27)21-12-14-23-24-15-13-22(29(6,7)9-2)19-26(24)30(10-3,11-4)25(23)18-21/h12-20H,8-11H2,1-7H3. The van der Waals surface area contributed by atoms with Gasteiger partial charge in [-0.25, -0.2) is 0 Å². The third-order valence-electron chi connectivity index (χ3n) is 8.24. The maximum atomic E-state index is 2.54. The summed E-state index contributed by atoms with van der Waals surface area (Å²) in [5, 5.41) is 0. The van der Waals surface area contributed by atoms with E-state index in [1.165, 1.54) is 44.0 Å². The maximum absolute atomic E-state index is 2.54. The lowest BCUT2D eigenvalue weighted by Gasteiger charge is -2.32. The summed E-state index contributed by atoms with van der Waals surface area (Å²) < 4.78 is 0. The van der Waals surface area contributed by atoms with Gasteiger partial charge in [0.05, 0.1) is 0 Å². The van der Waals surface area contributed by atoms with E-state index in [0.29, 0.717) is 5.92 Å². The van der Waals surface area contributed by atoms with Crippen molar-refractivity contribution in [3.05, 3.63) is 70.1 Å². The molecule has 4 rings (SSSR count). The first kappa shape index (κ1) is 22.3. The Bertz CT molecular complexity index is 1080. The summed E-state index contributed by atoms with van der Waals surface area (Å²) in [6.07, 6.45) is 4.65. The van der Waals surface area contributed by atoms with Gasteiger partial charge >= 0.3 is 0 Å². The molecule has 0 bridgehead atoms. The van der Waals surface area contributed by atoms with Crippen LogP contribution in [-0.4, -0.2) is 0 Å². The lowest BCUT2D eigenvalue weighted by atomic mass is 9.72. The van der Waals surface area contributed by atoms with Crippen LogP contribution in [0.2, 0.25) is 0 Å². The van der Waals surface area contributed by atoms with Gasteiger partial charge in [0, 0.05) is 15.2 Å². The molecule has 1 unspecified atom stereocenters. The molecule has 0 spiro atoms. The molecule has 0 N–H and O–H groups in total. The van der Waals surface area contributed by atoms with Crippen LogP contribution in [0.4, 0.5) is 0 Å². The van der Waals surface area contributed by atoms with Gasteiger partial charge < -0.3 is 0 Å². The normalized spacial score (nSPS) is 15.6. The topological polar surface area (TPSA) is 0 Å². The number of fused-ring (bicyclic) bond motifs is 3. The predicted octanol–water partition coefficient (Wildman–Crippen LogP) is 9.70. The van der Waals surface area contributed by atoms with E-state index in [1.54, 1.807) is 5.56 Å². The second-order valence-electron chi connectivity index (χ2n) is 10.1. The molecule has 1 heteroatoms. The molecule has 0 aliphatic heterocycles. The summed E-state index contributed by atoms with van der Waals surface area (Å²) in [6.45, 7) is 16.4. The highest BCUT2D eigenvalue weighted by atomic mass is 32.1. The second kappa shape index (κ2) is 8.24. The fourth-order valence-electron chi connectivity index (χ4n) is 5.26. The molecule has 3 aromatic rings. The molecule has 1 aliphatic carbocycles. The molecule has 0 saturated carbocycles. The zero-order valence-corrected chi connectivity index (χ0v) is 21.2. The van der Waals surface area contributed by atoms with Crippen molar-refractivity contribution in [1.82, 2.24) is 0 Å². The van der Waals surface area contributed by atoms with Crippen LogP contribution in [0, 0.1) is 0 Å². The highest BCUT2D eigenvalue weighted by Crippen LogP contribution is 2.54. The van der Waals surface area contributed by atoms with Crippen LogP contribution < -0.4 is 0 Å². The van der Waals surface area contributed by atoms with E-state index in [4.69, 9.17) is 0 Å². The molecule has 0 fully saturated rings. The first-order valence-electron chi connectivity index (χ1n) is 12.2. The molecule has 0 amide bonds. The van der Waals surface area contributed by atoms with Gasteiger partial charge in [-0.3, -0.25) is 0 Å². The average Bonchev–Trinajstić information content (AvgIpc) is 3.39. The van der Waals surface area contributed by atoms with E-state index < -0.39 is 0 Å². The molecular formula is C30H38S. The van der Waals surface area contributed by atoms with Crippen molar-refractivity contribution in [1.29, 1.82) is 0 Å². The quantitative estimate of drug-likeness (QED) is 0.350. The van der Waals surface area contributed by atoms with Gasteiger partial charge in [0.15, 0.2) is 0 Å². The van der Waals surface area contributed by atoms with Crippen LogP contribution in [0.3, 0.4) is 0 Å². The van der Waals surface area contributed by atoms with Crippen molar-refractivity contribution in [2.45, 2.75) is 90.9 Å². The van der Waals surface area contributed by atoms with Crippen molar-refractivity contribution >= 4 is 11.3 Å². The minimum Gasteiger partial charge on any atom is -0.140 e. The third-order valence-corrected chi connectivity index (χ3v) is 9.61. The van der Waals surface area contributed by atoms with Gasteiger partial charge in [-0.1, -0.05) is 78.8 Å². The highest BCUT2D eigenvalue weighted by molar-refractivity contribution is 7.15. The number of benzene rings is 2. The Kier molecular flexibility index (Phi) is 5.94. The fraction of sp³-hybridized carbons (Fsp3) is 0.467. The van der Waals surface area contributed by atoms with E-state index in [0.717, 1.165) is 19.3 Å². The smallest absolute Gasteiger partial charge is 0.0345 e. The summed E-state index contributed by atoms with van der Waals surface area (Å²) in [6, 6.07) is 19.2.